The summed E-state index contributed by atoms with van der Waals surface area (Å²) in [7, 11) is 0. The van der Waals surface area contributed by atoms with E-state index in [1.54, 1.807) is 4.90 Å². The Morgan fingerprint density at radius 1 is 1.35 bits per heavy atom. The van der Waals surface area contributed by atoms with Crippen LogP contribution in [0.1, 0.15) is 17.0 Å². The topological polar surface area (TPSA) is 79.8 Å². The van der Waals surface area contributed by atoms with E-state index < -0.39 is 10.8 Å². The van der Waals surface area contributed by atoms with Gasteiger partial charge in [-0.25, -0.2) is 0 Å². The second-order valence-electron chi connectivity index (χ2n) is 4.57. The molecule has 0 radical (unpaired) electrons. The van der Waals surface area contributed by atoms with Gasteiger partial charge in [0.25, 0.3) is 5.91 Å². The fourth-order valence-corrected chi connectivity index (χ4v) is 2.72. The molecule has 1 aromatic rings. The average molecular weight is 346 g/mol. The van der Waals surface area contributed by atoms with Crippen molar-refractivity contribution in [2.24, 2.45) is 0 Å². The van der Waals surface area contributed by atoms with Crippen molar-refractivity contribution < 1.29 is 14.1 Å². The molecular weight excluding hydrogens is 330 g/mol. The second kappa shape index (κ2) is 6.85. The smallest absolute Gasteiger partial charge is 0.395 e. The van der Waals surface area contributed by atoms with Gasteiger partial charge >= 0.3 is 5.88 Å². The minimum absolute atomic E-state index is 0.0330. The number of amides is 1. The first-order chi connectivity index (χ1) is 9.61. The van der Waals surface area contributed by atoms with Gasteiger partial charge in [-0.05, 0) is 19.0 Å². The van der Waals surface area contributed by atoms with E-state index in [1.165, 1.54) is 12.1 Å². The van der Waals surface area contributed by atoms with E-state index in [0.29, 0.717) is 13.1 Å². The standard InChI is InChI=1S/C12H16BrN3O4/c13-4-7-14-5-1-6-15(9-8-14)12(17)10-2-3-11(20-10)16(18)19/h2-3H,1,4-9H2. The number of hydrogen-bond acceptors (Lipinski definition) is 5. The van der Waals surface area contributed by atoms with Crippen LogP contribution in [0.3, 0.4) is 0 Å². The molecule has 1 fully saturated rings. The number of alkyl halides is 1. The molecule has 0 aliphatic carbocycles. The van der Waals surface area contributed by atoms with Crippen molar-refractivity contribution in [3.8, 4) is 0 Å². The van der Waals surface area contributed by atoms with Crippen molar-refractivity contribution in [3.05, 3.63) is 28.0 Å². The van der Waals surface area contributed by atoms with E-state index in [-0.39, 0.29) is 11.7 Å². The predicted molar refractivity (Wildman–Crippen MR) is 76.1 cm³/mol. The summed E-state index contributed by atoms with van der Waals surface area (Å²) in [6.07, 6.45) is 0.890. The van der Waals surface area contributed by atoms with Gasteiger partial charge in [0.15, 0.2) is 5.76 Å². The number of nitro groups is 1. The van der Waals surface area contributed by atoms with Crippen molar-refractivity contribution in [1.29, 1.82) is 0 Å². The first-order valence-corrected chi connectivity index (χ1v) is 7.56. The Morgan fingerprint density at radius 2 is 2.15 bits per heavy atom. The predicted octanol–water partition coefficient (Wildman–Crippen LogP) is 1.73. The van der Waals surface area contributed by atoms with Gasteiger partial charge in [-0.15, -0.1) is 0 Å². The monoisotopic (exact) mass is 345 g/mol. The maximum atomic E-state index is 12.2. The number of rotatable bonds is 4. The molecule has 1 saturated heterocycles. The van der Waals surface area contributed by atoms with Crippen molar-refractivity contribution in [3.63, 3.8) is 0 Å². The zero-order valence-electron chi connectivity index (χ0n) is 11.0. The van der Waals surface area contributed by atoms with Crippen LogP contribution in [0.2, 0.25) is 0 Å². The molecule has 0 bridgehead atoms. The van der Waals surface area contributed by atoms with E-state index in [4.69, 9.17) is 4.42 Å². The Balaban J connectivity index is 1.99. The molecule has 0 aromatic carbocycles. The van der Waals surface area contributed by atoms with E-state index in [9.17, 15) is 14.9 Å². The Morgan fingerprint density at radius 3 is 2.80 bits per heavy atom. The number of hydrogen-bond donors (Lipinski definition) is 0. The van der Waals surface area contributed by atoms with E-state index in [1.807, 2.05) is 0 Å². The normalized spacial score (nSPS) is 16.9. The number of halogens is 1. The lowest BCUT2D eigenvalue weighted by Gasteiger charge is -2.20. The third-order valence-electron chi connectivity index (χ3n) is 3.26. The zero-order valence-corrected chi connectivity index (χ0v) is 12.5. The quantitative estimate of drug-likeness (QED) is 0.471. The Labute approximate surface area is 124 Å². The van der Waals surface area contributed by atoms with Gasteiger partial charge < -0.3 is 14.2 Å². The number of furan rings is 1. The molecule has 2 rings (SSSR count). The van der Waals surface area contributed by atoms with Crippen LogP contribution in [0, 0.1) is 10.1 Å². The Bertz CT molecular complexity index is 491. The lowest BCUT2D eigenvalue weighted by atomic mass is 10.3. The maximum Gasteiger partial charge on any atom is 0.433 e. The number of carbonyl (C=O) groups excluding carboxylic acids is 1. The SMILES string of the molecule is O=C(c1ccc([N+](=O)[O-])o1)N1CCCN(CCBr)CC1. The van der Waals surface area contributed by atoms with Crippen LogP contribution < -0.4 is 0 Å². The van der Waals surface area contributed by atoms with Crippen molar-refractivity contribution in [2.45, 2.75) is 6.42 Å². The largest absolute Gasteiger partial charge is 0.433 e. The highest BCUT2D eigenvalue weighted by Gasteiger charge is 2.24. The molecule has 110 valence electrons. The lowest BCUT2D eigenvalue weighted by molar-refractivity contribution is -0.402. The second-order valence-corrected chi connectivity index (χ2v) is 5.36. The molecule has 1 aliphatic rings. The van der Waals surface area contributed by atoms with Crippen LogP contribution in [0.4, 0.5) is 5.88 Å². The van der Waals surface area contributed by atoms with Crippen LogP contribution in [-0.4, -0.2) is 58.7 Å². The van der Waals surface area contributed by atoms with Gasteiger partial charge in [0.05, 0.1) is 6.07 Å². The van der Waals surface area contributed by atoms with Crippen LogP contribution in [0.15, 0.2) is 16.5 Å². The molecule has 0 saturated carbocycles. The maximum absolute atomic E-state index is 12.2. The zero-order chi connectivity index (χ0) is 14.5. The minimum Gasteiger partial charge on any atom is -0.395 e. The fourth-order valence-electron chi connectivity index (χ4n) is 2.21. The highest BCUT2D eigenvalue weighted by Crippen LogP contribution is 2.18. The molecule has 8 heteroatoms. The summed E-state index contributed by atoms with van der Waals surface area (Å²) in [5.41, 5.74) is 0. The van der Waals surface area contributed by atoms with Crippen molar-refractivity contribution >= 4 is 27.7 Å². The van der Waals surface area contributed by atoms with Crippen LogP contribution in [-0.2, 0) is 0 Å². The highest BCUT2D eigenvalue weighted by atomic mass is 79.9. The lowest BCUT2D eigenvalue weighted by Crippen LogP contribution is -2.35. The molecule has 1 amide bonds. The molecule has 2 heterocycles. The van der Waals surface area contributed by atoms with E-state index in [2.05, 4.69) is 20.8 Å². The van der Waals surface area contributed by atoms with Crippen molar-refractivity contribution in [2.75, 3.05) is 38.1 Å². The first kappa shape index (κ1) is 15.0. The summed E-state index contributed by atoms with van der Waals surface area (Å²) >= 11 is 3.41. The summed E-state index contributed by atoms with van der Waals surface area (Å²) in [6.45, 7) is 3.97. The highest BCUT2D eigenvalue weighted by molar-refractivity contribution is 9.09. The molecule has 0 unspecified atom stereocenters. The summed E-state index contributed by atoms with van der Waals surface area (Å²) < 4.78 is 4.96. The molecule has 0 atom stereocenters. The molecular formula is C12H16BrN3O4. The molecule has 20 heavy (non-hydrogen) atoms. The average Bonchev–Trinajstić information content (AvgIpc) is 2.80. The van der Waals surface area contributed by atoms with Crippen molar-refractivity contribution in [1.82, 2.24) is 9.80 Å². The third kappa shape index (κ3) is 3.57. The van der Waals surface area contributed by atoms with Gasteiger partial charge in [-0.3, -0.25) is 14.9 Å². The van der Waals surface area contributed by atoms with Gasteiger partial charge in [0, 0.05) is 31.5 Å². The minimum atomic E-state index is -0.642. The van der Waals surface area contributed by atoms with Gasteiger partial charge in [-0.1, -0.05) is 15.9 Å². The van der Waals surface area contributed by atoms with Gasteiger partial charge in [0.1, 0.15) is 4.92 Å². The van der Waals surface area contributed by atoms with Gasteiger partial charge in [-0.2, -0.15) is 0 Å². The first-order valence-electron chi connectivity index (χ1n) is 6.43. The molecule has 1 aliphatic heterocycles. The Hall–Kier alpha value is -1.41. The summed E-state index contributed by atoms with van der Waals surface area (Å²) in [5, 5.41) is 11.5. The molecule has 0 spiro atoms. The fraction of sp³-hybridized carbons (Fsp3) is 0.583. The van der Waals surface area contributed by atoms with Crippen LogP contribution in [0.5, 0.6) is 0 Å². The van der Waals surface area contributed by atoms with Crippen LogP contribution in [0.25, 0.3) is 0 Å². The number of nitrogens with zero attached hydrogens (tertiary/aromatic N) is 3. The Kier molecular flexibility index (Phi) is 5.13. The van der Waals surface area contributed by atoms with Crippen LogP contribution >= 0.6 is 15.9 Å². The summed E-state index contributed by atoms with van der Waals surface area (Å²) in [5.74, 6) is -0.645. The molecule has 0 N–H and O–H groups in total. The summed E-state index contributed by atoms with van der Waals surface area (Å²) in [4.78, 5) is 26.1. The van der Waals surface area contributed by atoms with E-state index >= 15 is 0 Å². The summed E-state index contributed by atoms with van der Waals surface area (Å²) in [6, 6.07) is 2.57. The number of carbonyl (C=O) groups is 1. The van der Waals surface area contributed by atoms with Gasteiger partial charge in [0.2, 0.25) is 0 Å². The van der Waals surface area contributed by atoms with E-state index in [0.717, 1.165) is 31.4 Å². The molecule has 1 aromatic heterocycles. The third-order valence-corrected chi connectivity index (χ3v) is 3.61. The molecule has 7 nitrogen and oxygen atoms in total.